The molecular formula is C15H8BrCl3N2OS. The number of hydrogen-bond donors (Lipinski definition) is 1. The SMILES string of the molecule is O=C(Nc1ccc(Br)cc1-c1nc2ccccc2s1)C(Cl)(Cl)Cl. The van der Waals surface area contributed by atoms with Gasteiger partial charge in [0.15, 0.2) is 0 Å². The van der Waals surface area contributed by atoms with Crippen LogP contribution in [0.4, 0.5) is 5.69 Å². The number of aromatic nitrogens is 1. The van der Waals surface area contributed by atoms with E-state index in [4.69, 9.17) is 34.8 Å². The van der Waals surface area contributed by atoms with Gasteiger partial charge in [0.25, 0.3) is 9.70 Å². The number of para-hydroxylation sites is 1. The van der Waals surface area contributed by atoms with Crippen molar-refractivity contribution in [1.29, 1.82) is 0 Å². The fourth-order valence-corrected chi connectivity index (χ4v) is 3.48. The summed E-state index contributed by atoms with van der Waals surface area (Å²) in [5.41, 5.74) is 2.18. The van der Waals surface area contributed by atoms with Crippen LogP contribution in [0, 0.1) is 0 Å². The molecule has 1 amide bonds. The Balaban J connectivity index is 2.07. The summed E-state index contributed by atoms with van der Waals surface area (Å²) in [5, 5.41) is 3.40. The maximum absolute atomic E-state index is 11.9. The molecule has 3 rings (SSSR count). The minimum atomic E-state index is -2.03. The minimum absolute atomic E-state index is 0.531. The number of thiazole rings is 1. The van der Waals surface area contributed by atoms with Crippen LogP contribution in [0.25, 0.3) is 20.8 Å². The quantitative estimate of drug-likeness (QED) is 0.484. The predicted molar refractivity (Wildman–Crippen MR) is 102 cm³/mol. The molecule has 2 aromatic carbocycles. The van der Waals surface area contributed by atoms with Gasteiger partial charge in [-0.05, 0) is 30.3 Å². The van der Waals surface area contributed by atoms with E-state index in [0.29, 0.717) is 5.69 Å². The van der Waals surface area contributed by atoms with Gasteiger partial charge in [-0.3, -0.25) is 4.79 Å². The van der Waals surface area contributed by atoms with Crippen molar-refractivity contribution in [3.05, 3.63) is 46.9 Å². The molecule has 0 radical (unpaired) electrons. The fourth-order valence-electron chi connectivity index (χ4n) is 1.98. The number of amides is 1. The van der Waals surface area contributed by atoms with Crippen LogP contribution in [0.1, 0.15) is 0 Å². The maximum atomic E-state index is 11.9. The molecule has 3 aromatic rings. The van der Waals surface area contributed by atoms with Crippen LogP contribution in [0.5, 0.6) is 0 Å². The Morgan fingerprint density at radius 2 is 1.91 bits per heavy atom. The highest BCUT2D eigenvalue weighted by Crippen LogP contribution is 2.37. The first kappa shape index (κ1) is 17.0. The topological polar surface area (TPSA) is 42.0 Å². The molecule has 0 bridgehead atoms. The molecule has 118 valence electrons. The number of rotatable bonds is 2. The van der Waals surface area contributed by atoms with Gasteiger partial charge < -0.3 is 5.32 Å². The Morgan fingerprint density at radius 3 is 2.61 bits per heavy atom. The molecule has 0 aliphatic rings. The molecule has 1 N–H and O–H groups in total. The second kappa shape index (κ2) is 6.57. The van der Waals surface area contributed by atoms with Crippen LogP contribution >= 0.6 is 62.1 Å². The van der Waals surface area contributed by atoms with E-state index < -0.39 is 9.70 Å². The van der Waals surface area contributed by atoms with E-state index in [0.717, 1.165) is 25.3 Å². The summed E-state index contributed by atoms with van der Waals surface area (Å²) >= 11 is 21.8. The van der Waals surface area contributed by atoms with Gasteiger partial charge in [0.1, 0.15) is 5.01 Å². The first-order chi connectivity index (χ1) is 10.8. The third-order valence-electron chi connectivity index (χ3n) is 3.01. The van der Waals surface area contributed by atoms with Gasteiger partial charge in [-0.15, -0.1) is 11.3 Å². The number of nitrogens with one attached hydrogen (secondary N) is 1. The van der Waals surface area contributed by atoms with E-state index in [1.807, 2.05) is 30.3 Å². The van der Waals surface area contributed by atoms with Crippen molar-refractivity contribution in [3.63, 3.8) is 0 Å². The van der Waals surface area contributed by atoms with Gasteiger partial charge in [-0.2, -0.15) is 0 Å². The smallest absolute Gasteiger partial charge is 0.276 e. The first-order valence-electron chi connectivity index (χ1n) is 6.38. The predicted octanol–water partition coefficient (Wildman–Crippen LogP) is 6.03. The normalized spacial score (nSPS) is 11.7. The van der Waals surface area contributed by atoms with Crippen LogP contribution in [0.3, 0.4) is 0 Å². The minimum Gasteiger partial charge on any atom is -0.322 e. The Labute approximate surface area is 159 Å². The molecule has 0 aliphatic carbocycles. The number of carbonyl (C=O) groups excluding carboxylic acids is 1. The Morgan fingerprint density at radius 1 is 1.17 bits per heavy atom. The summed E-state index contributed by atoms with van der Waals surface area (Å²) < 4.78 is -0.113. The standard InChI is InChI=1S/C15H8BrCl3N2OS/c16-8-5-6-10(21-14(22)15(17,18)19)9(7-8)13-20-11-3-1-2-4-12(11)23-13/h1-7H,(H,21,22). The lowest BCUT2D eigenvalue weighted by Gasteiger charge is -2.14. The van der Waals surface area contributed by atoms with Crippen LogP contribution in [0.2, 0.25) is 0 Å². The number of hydrogen-bond acceptors (Lipinski definition) is 3. The van der Waals surface area contributed by atoms with Crippen LogP contribution in [-0.2, 0) is 4.79 Å². The molecule has 1 aromatic heterocycles. The number of halogens is 4. The summed E-state index contributed by atoms with van der Waals surface area (Å²) in [6, 6.07) is 13.2. The lowest BCUT2D eigenvalue weighted by atomic mass is 10.2. The lowest BCUT2D eigenvalue weighted by molar-refractivity contribution is -0.115. The fraction of sp³-hybridized carbons (Fsp3) is 0.0667. The monoisotopic (exact) mass is 448 g/mol. The average Bonchev–Trinajstić information content (AvgIpc) is 2.91. The Kier molecular flexibility index (Phi) is 4.85. The first-order valence-corrected chi connectivity index (χ1v) is 9.12. The zero-order chi connectivity index (χ0) is 16.6. The van der Waals surface area contributed by atoms with Crippen molar-refractivity contribution in [2.75, 3.05) is 5.32 Å². The summed E-state index contributed by atoms with van der Waals surface area (Å²) in [5.74, 6) is -0.716. The summed E-state index contributed by atoms with van der Waals surface area (Å²) in [6.07, 6.45) is 0. The number of carbonyl (C=O) groups is 1. The third-order valence-corrected chi connectivity index (χ3v) is 5.09. The van der Waals surface area contributed by atoms with E-state index in [2.05, 4.69) is 26.2 Å². The molecular weight excluding hydrogens is 443 g/mol. The largest absolute Gasteiger partial charge is 0.322 e. The van der Waals surface area contributed by atoms with Crippen molar-refractivity contribution in [1.82, 2.24) is 4.98 Å². The highest BCUT2D eigenvalue weighted by atomic mass is 79.9. The molecule has 1 heterocycles. The van der Waals surface area contributed by atoms with Gasteiger partial charge in [0, 0.05) is 10.0 Å². The van der Waals surface area contributed by atoms with E-state index in [1.165, 1.54) is 11.3 Å². The summed E-state index contributed by atoms with van der Waals surface area (Å²) in [4.78, 5) is 16.5. The molecule has 0 saturated carbocycles. The van der Waals surface area contributed by atoms with Crippen molar-refractivity contribution < 1.29 is 4.79 Å². The van der Waals surface area contributed by atoms with E-state index >= 15 is 0 Å². The number of fused-ring (bicyclic) bond motifs is 1. The molecule has 0 saturated heterocycles. The van der Waals surface area contributed by atoms with Crippen LogP contribution in [-0.4, -0.2) is 14.7 Å². The van der Waals surface area contributed by atoms with Gasteiger partial charge in [0.2, 0.25) is 0 Å². The highest BCUT2D eigenvalue weighted by Gasteiger charge is 2.31. The Hall–Kier alpha value is -0.850. The van der Waals surface area contributed by atoms with Crippen molar-refractivity contribution in [3.8, 4) is 10.6 Å². The number of nitrogens with zero attached hydrogens (tertiary/aromatic N) is 1. The van der Waals surface area contributed by atoms with Gasteiger partial charge >= 0.3 is 0 Å². The summed E-state index contributed by atoms with van der Waals surface area (Å²) in [6.45, 7) is 0. The van der Waals surface area contributed by atoms with Crippen LogP contribution in [0.15, 0.2) is 46.9 Å². The molecule has 0 aliphatic heterocycles. The zero-order valence-electron chi connectivity index (χ0n) is 11.3. The van der Waals surface area contributed by atoms with Crippen molar-refractivity contribution >= 4 is 83.9 Å². The van der Waals surface area contributed by atoms with Crippen LogP contribution < -0.4 is 5.32 Å². The molecule has 8 heteroatoms. The van der Waals surface area contributed by atoms with E-state index in [9.17, 15) is 4.79 Å². The Bertz CT molecular complexity index is 859. The van der Waals surface area contributed by atoms with Crippen molar-refractivity contribution in [2.45, 2.75) is 3.79 Å². The second-order valence-corrected chi connectivity index (χ2v) is 8.86. The zero-order valence-corrected chi connectivity index (χ0v) is 16.0. The van der Waals surface area contributed by atoms with E-state index in [-0.39, 0.29) is 0 Å². The van der Waals surface area contributed by atoms with E-state index in [1.54, 1.807) is 12.1 Å². The molecule has 0 unspecified atom stereocenters. The lowest BCUT2D eigenvalue weighted by Crippen LogP contribution is -2.27. The van der Waals surface area contributed by atoms with Gasteiger partial charge in [-0.1, -0.05) is 62.9 Å². The number of alkyl halides is 3. The number of anilines is 1. The molecule has 23 heavy (non-hydrogen) atoms. The second-order valence-electron chi connectivity index (χ2n) is 4.63. The number of benzene rings is 2. The highest BCUT2D eigenvalue weighted by molar-refractivity contribution is 9.10. The molecule has 0 fully saturated rings. The summed E-state index contributed by atoms with van der Waals surface area (Å²) in [7, 11) is 0. The third kappa shape index (κ3) is 3.80. The average molecular weight is 451 g/mol. The molecule has 3 nitrogen and oxygen atoms in total. The van der Waals surface area contributed by atoms with Crippen molar-refractivity contribution in [2.24, 2.45) is 0 Å². The maximum Gasteiger partial charge on any atom is 0.276 e. The van der Waals surface area contributed by atoms with Gasteiger partial charge in [0.05, 0.1) is 15.9 Å². The molecule has 0 spiro atoms. The van der Waals surface area contributed by atoms with Gasteiger partial charge in [-0.25, -0.2) is 4.98 Å². The molecule has 0 atom stereocenters.